The number of hydrogen-bond donors (Lipinski definition) is 1. The van der Waals surface area contributed by atoms with Crippen LogP contribution in [0.5, 0.6) is 0 Å². The first-order valence-electron chi connectivity index (χ1n) is 6.14. The van der Waals surface area contributed by atoms with Crippen LogP contribution >= 0.6 is 11.6 Å². The molecule has 0 saturated carbocycles. The van der Waals surface area contributed by atoms with Gasteiger partial charge in [-0.15, -0.1) is 0 Å². The maximum Gasteiger partial charge on any atom is 0.182 e. The number of nitrogens with zero attached hydrogens (tertiary/aromatic N) is 3. The molecule has 2 rings (SSSR count). The van der Waals surface area contributed by atoms with Gasteiger partial charge in [-0.3, -0.25) is 15.3 Å². The van der Waals surface area contributed by atoms with Crippen molar-refractivity contribution >= 4 is 17.4 Å². The third-order valence-corrected chi connectivity index (χ3v) is 2.96. The number of pyridine rings is 1. The zero-order chi connectivity index (χ0) is 14.2. The monoisotopic (exact) mass is 284 g/mol. The summed E-state index contributed by atoms with van der Waals surface area (Å²) in [6.45, 7) is 0.591. The standard InChI is InChI=1S/C15H13ClN4/c16-14-3-1-12(2-4-14)5-10-19-15(20-11-17)13-6-8-18-9-7-13/h1-4,6-9H,5,10H2,(H,19,20). The zero-order valence-corrected chi connectivity index (χ0v) is 11.5. The normalized spacial score (nSPS) is 10.9. The molecule has 4 nitrogen and oxygen atoms in total. The Morgan fingerprint density at radius 2 is 1.90 bits per heavy atom. The van der Waals surface area contributed by atoms with E-state index < -0.39 is 0 Å². The number of nitriles is 1. The molecule has 1 aromatic heterocycles. The highest BCUT2D eigenvalue weighted by Gasteiger charge is 2.01. The SMILES string of the molecule is N#CN/C(=N\CCc1ccc(Cl)cc1)c1ccncc1. The zero-order valence-electron chi connectivity index (χ0n) is 10.8. The summed E-state index contributed by atoms with van der Waals surface area (Å²) in [5, 5.41) is 12.1. The molecule has 0 aliphatic carbocycles. The van der Waals surface area contributed by atoms with Gasteiger partial charge in [-0.05, 0) is 36.2 Å². The largest absolute Gasteiger partial charge is 0.277 e. The van der Waals surface area contributed by atoms with E-state index in [4.69, 9.17) is 16.9 Å². The Kier molecular flexibility index (Phi) is 5.10. The van der Waals surface area contributed by atoms with Gasteiger partial charge < -0.3 is 0 Å². The lowest BCUT2D eigenvalue weighted by Crippen LogP contribution is -2.19. The predicted molar refractivity (Wildman–Crippen MR) is 79.5 cm³/mol. The van der Waals surface area contributed by atoms with Crippen LogP contribution < -0.4 is 5.32 Å². The molecule has 0 unspecified atom stereocenters. The van der Waals surface area contributed by atoms with Gasteiger partial charge in [0.15, 0.2) is 6.19 Å². The van der Waals surface area contributed by atoms with E-state index in [1.807, 2.05) is 42.6 Å². The summed E-state index contributed by atoms with van der Waals surface area (Å²) in [6.07, 6.45) is 6.03. The van der Waals surface area contributed by atoms with Gasteiger partial charge in [-0.25, -0.2) is 0 Å². The van der Waals surface area contributed by atoms with Crippen molar-refractivity contribution < 1.29 is 0 Å². The lowest BCUT2D eigenvalue weighted by Gasteiger charge is -2.04. The van der Waals surface area contributed by atoms with Crippen LogP contribution in [0.4, 0.5) is 0 Å². The Hall–Kier alpha value is -2.38. The lowest BCUT2D eigenvalue weighted by atomic mass is 10.1. The quantitative estimate of drug-likeness (QED) is 0.406. The summed E-state index contributed by atoms with van der Waals surface area (Å²) in [7, 11) is 0. The van der Waals surface area contributed by atoms with E-state index in [1.54, 1.807) is 12.4 Å². The van der Waals surface area contributed by atoms with E-state index in [-0.39, 0.29) is 0 Å². The first-order chi connectivity index (χ1) is 9.79. The highest BCUT2D eigenvalue weighted by Crippen LogP contribution is 2.10. The topological polar surface area (TPSA) is 61.1 Å². The third kappa shape index (κ3) is 4.08. The van der Waals surface area contributed by atoms with Gasteiger partial charge in [-0.2, -0.15) is 5.26 Å². The van der Waals surface area contributed by atoms with Gasteiger partial charge >= 0.3 is 0 Å². The van der Waals surface area contributed by atoms with Crippen LogP contribution in [0.2, 0.25) is 5.02 Å². The summed E-state index contributed by atoms with van der Waals surface area (Å²) >= 11 is 5.84. The predicted octanol–water partition coefficient (Wildman–Crippen LogP) is 2.79. The number of halogens is 1. The number of benzene rings is 1. The average Bonchev–Trinajstić information content (AvgIpc) is 2.49. The molecule has 0 fully saturated rings. The molecule has 0 aliphatic heterocycles. The second-order valence-corrected chi connectivity index (χ2v) is 4.52. The second kappa shape index (κ2) is 7.27. The van der Waals surface area contributed by atoms with Crippen molar-refractivity contribution in [3.8, 4) is 6.19 Å². The molecular formula is C15H13ClN4. The Balaban J connectivity index is 2.03. The molecule has 1 heterocycles. The van der Waals surface area contributed by atoms with Gasteiger partial charge in [0.1, 0.15) is 5.84 Å². The van der Waals surface area contributed by atoms with E-state index in [2.05, 4.69) is 15.3 Å². The first-order valence-corrected chi connectivity index (χ1v) is 6.52. The first kappa shape index (κ1) is 14.0. The number of rotatable bonds is 4. The van der Waals surface area contributed by atoms with Crippen LogP contribution in [0.1, 0.15) is 11.1 Å². The molecular weight excluding hydrogens is 272 g/mol. The molecule has 20 heavy (non-hydrogen) atoms. The van der Waals surface area contributed by atoms with Gasteiger partial charge in [0, 0.05) is 29.5 Å². The molecule has 0 atom stereocenters. The van der Waals surface area contributed by atoms with Crippen LogP contribution in [0, 0.1) is 11.5 Å². The molecule has 0 bridgehead atoms. The van der Waals surface area contributed by atoms with Gasteiger partial charge in [0.05, 0.1) is 0 Å². The highest BCUT2D eigenvalue weighted by atomic mass is 35.5. The molecule has 0 aliphatic rings. The van der Waals surface area contributed by atoms with Crippen LogP contribution in [0.15, 0.2) is 53.8 Å². The molecule has 5 heteroatoms. The Labute approximate surface area is 122 Å². The van der Waals surface area contributed by atoms with E-state index >= 15 is 0 Å². The van der Waals surface area contributed by atoms with Crippen LogP contribution in [-0.2, 0) is 6.42 Å². The maximum atomic E-state index is 8.77. The molecule has 0 radical (unpaired) electrons. The second-order valence-electron chi connectivity index (χ2n) is 4.08. The van der Waals surface area contributed by atoms with Crippen molar-refractivity contribution in [1.82, 2.24) is 10.3 Å². The van der Waals surface area contributed by atoms with Crippen molar-refractivity contribution in [2.75, 3.05) is 6.54 Å². The minimum absolute atomic E-state index is 0.559. The molecule has 0 saturated heterocycles. The minimum Gasteiger partial charge on any atom is -0.277 e. The summed E-state index contributed by atoms with van der Waals surface area (Å²) < 4.78 is 0. The van der Waals surface area contributed by atoms with Crippen molar-refractivity contribution in [1.29, 1.82) is 5.26 Å². The van der Waals surface area contributed by atoms with E-state index in [0.717, 1.165) is 22.6 Å². The molecule has 100 valence electrons. The summed E-state index contributed by atoms with van der Waals surface area (Å²) in [4.78, 5) is 8.37. The number of aromatic nitrogens is 1. The molecule has 0 spiro atoms. The fraction of sp³-hybridized carbons (Fsp3) is 0.133. The van der Waals surface area contributed by atoms with E-state index in [9.17, 15) is 0 Å². The molecule has 1 aromatic carbocycles. The Morgan fingerprint density at radius 1 is 1.20 bits per heavy atom. The van der Waals surface area contributed by atoms with Gasteiger partial charge in [0.2, 0.25) is 0 Å². The van der Waals surface area contributed by atoms with Gasteiger partial charge in [0.25, 0.3) is 0 Å². The van der Waals surface area contributed by atoms with Crippen molar-refractivity contribution in [2.45, 2.75) is 6.42 Å². The van der Waals surface area contributed by atoms with Crippen molar-refractivity contribution in [3.05, 3.63) is 64.9 Å². The van der Waals surface area contributed by atoms with Crippen LogP contribution in [-0.4, -0.2) is 17.4 Å². The molecule has 2 aromatic rings. The fourth-order valence-corrected chi connectivity index (χ4v) is 1.84. The van der Waals surface area contributed by atoms with Crippen LogP contribution in [0.25, 0.3) is 0 Å². The average molecular weight is 285 g/mol. The Bertz CT molecular complexity index is 615. The molecule has 0 amide bonds. The van der Waals surface area contributed by atoms with Crippen molar-refractivity contribution in [2.24, 2.45) is 4.99 Å². The lowest BCUT2D eigenvalue weighted by molar-refractivity contribution is 0.958. The fourth-order valence-electron chi connectivity index (χ4n) is 1.71. The van der Waals surface area contributed by atoms with Crippen molar-refractivity contribution in [3.63, 3.8) is 0 Å². The van der Waals surface area contributed by atoms with Crippen LogP contribution in [0.3, 0.4) is 0 Å². The number of amidine groups is 1. The minimum atomic E-state index is 0.559. The third-order valence-electron chi connectivity index (χ3n) is 2.71. The van der Waals surface area contributed by atoms with Gasteiger partial charge in [-0.1, -0.05) is 23.7 Å². The smallest absolute Gasteiger partial charge is 0.182 e. The Morgan fingerprint density at radius 3 is 2.55 bits per heavy atom. The number of nitrogens with one attached hydrogen (secondary N) is 1. The highest BCUT2D eigenvalue weighted by molar-refractivity contribution is 6.30. The summed E-state index contributed by atoms with van der Waals surface area (Å²) in [5.41, 5.74) is 2.00. The van der Waals surface area contributed by atoms with E-state index in [0.29, 0.717) is 12.4 Å². The summed E-state index contributed by atoms with van der Waals surface area (Å²) in [5.74, 6) is 0.559. The number of hydrogen-bond acceptors (Lipinski definition) is 3. The van der Waals surface area contributed by atoms with E-state index in [1.165, 1.54) is 0 Å². The summed E-state index contributed by atoms with van der Waals surface area (Å²) in [6, 6.07) is 11.3. The number of aliphatic imine (C=N–C) groups is 1. The molecule has 1 N–H and O–H groups in total. The maximum absolute atomic E-state index is 8.77.